The minimum absolute atomic E-state index is 0.117. The molecule has 2 aliphatic heterocycles. The highest BCUT2D eigenvalue weighted by Crippen LogP contribution is 2.35. The van der Waals surface area contributed by atoms with E-state index in [-0.39, 0.29) is 60.5 Å². The van der Waals surface area contributed by atoms with Crippen molar-refractivity contribution in [3.8, 4) is 17.2 Å². The lowest BCUT2D eigenvalue weighted by Gasteiger charge is -2.38. The SMILES string of the molecule is C[C@H]1CN([C@@H](C)CO)C(=O)c2cc(NS(=O)(=O)c3cn(C)cn3)ccc2O[C@H]1CN(C)C(=O)Nc1ccc2c(c1)OCO2. The Hall–Kier alpha value is -4.50. The third-order valence-electron chi connectivity index (χ3n) is 7.30. The zero-order valence-corrected chi connectivity index (χ0v) is 25.0. The molecule has 3 atom stereocenters. The smallest absolute Gasteiger partial charge is 0.321 e. The first-order valence-electron chi connectivity index (χ1n) is 13.6. The Kier molecular flexibility index (Phi) is 8.37. The number of nitrogens with one attached hydrogen (secondary N) is 2. The van der Waals surface area contributed by atoms with Gasteiger partial charge in [-0.3, -0.25) is 9.52 Å². The van der Waals surface area contributed by atoms with E-state index in [0.717, 1.165) is 0 Å². The van der Waals surface area contributed by atoms with Crippen LogP contribution in [0.25, 0.3) is 0 Å². The number of carbonyl (C=O) groups is 2. The largest absolute Gasteiger partial charge is 0.487 e. The van der Waals surface area contributed by atoms with Gasteiger partial charge in [0.15, 0.2) is 16.5 Å². The van der Waals surface area contributed by atoms with E-state index in [4.69, 9.17) is 14.2 Å². The number of amides is 3. The summed E-state index contributed by atoms with van der Waals surface area (Å²) < 4.78 is 46.7. The van der Waals surface area contributed by atoms with Gasteiger partial charge in [-0.1, -0.05) is 6.92 Å². The molecule has 0 radical (unpaired) electrons. The van der Waals surface area contributed by atoms with Gasteiger partial charge in [0, 0.05) is 50.2 Å². The van der Waals surface area contributed by atoms with E-state index in [1.165, 1.54) is 45.1 Å². The standard InChI is InChI=1S/C28H34N6O8S/c1-17-11-34(18(2)14-35)27(36)21-9-20(31-43(38,39)26-13-32(3)15-29-26)6-7-22(21)42-25(17)12-33(4)28(37)30-19-5-8-23-24(10-19)41-16-40-23/h5-10,13,15,17-18,25,31,35H,11-12,14,16H2,1-4H3,(H,30,37)/t17-,18-,25-/m0/s1. The van der Waals surface area contributed by atoms with Crippen LogP contribution in [0.2, 0.25) is 0 Å². The van der Waals surface area contributed by atoms with Gasteiger partial charge in [0.1, 0.15) is 11.9 Å². The van der Waals surface area contributed by atoms with Crippen molar-refractivity contribution in [2.24, 2.45) is 13.0 Å². The van der Waals surface area contributed by atoms with Gasteiger partial charge in [-0.05, 0) is 37.3 Å². The molecular formula is C28H34N6O8S. The first-order chi connectivity index (χ1) is 20.4. The molecular weight excluding hydrogens is 580 g/mol. The maximum atomic E-state index is 13.7. The van der Waals surface area contributed by atoms with Crippen molar-refractivity contribution in [2.75, 3.05) is 43.6 Å². The van der Waals surface area contributed by atoms with Crippen molar-refractivity contribution in [1.29, 1.82) is 0 Å². The number of likely N-dealkylation sites (N-methyl/N-ethyl adjacent to an activating group) is 1. The number of nitrogens with zero attached hydrogens (tertiary/aromatic N) is 4. The second-order valence-corrected chi connectivity index (χ2v) is 12.3. The van der Waals surface area contributed by atoms with Crippen molar-refractivity contribution in [3.63, 3.8) is 0 Å². The summed E-state index contributed by atoms with van der Waals surface area (Å²) in [5, 5.41) is 12.6. The quantitative estimate of drug-likeness (QED) is 0.345. The van der Waals surface area contributed by atoms with Gasteiger partial charge in [0.05, 0.1) is 31.1 Å². The van der Waals surface area contributed by atoms with Crippen LogP contribution in [0.3, 0.4) is 0 Å². The molecule has 0 spiro atoms. The predicted octanol–water partition coefficient (Wildman–Crippen LogP) is 2.33. The first-order valence-corrected chi connectivity index (χ1v) is 15.1. The Morgan fingerprint density at radius 2 is 1.88 bits per heavy atom. The highest BCUT2D eigenvalue weighted by Gasteiger charge is 2.34. The number of carbonyl (C=O) groups excluding carboxylic acids is 2. The van der Waals surface area contributed by atoms with Gasteiger partial charge in [-0.15, -0.1) is 0 Å². The van der Waals surface area contributed by atoms with Crippen molar-refractivity contribution < 1.29 is 37.3 Å². The fourth-order valence-corrected chi connectivity index (χ4v) is 5.82. The van der Waals surface area contributed by atoms with E-state index in [1.54, 1.807) is 39.2 Å². The van der Waals surface area contributed by atoms with E-state index < -0.39 is 28.1 Å². The van der Waals surface area contributed by atoms with Crippen LogP contribution < -0.4 is 24.2 Å². The number of urea groups is 1. The Bertz CT molecular complexity index is 1630. The average molecular weight is 615 g/mol. The number of rotatable bonds is 8. The zero-order chi connectivity index (χ0) is 30.9. The summed E-state index contributed by atoms with van der Waals surface area (Å²) in [7, 11) is -0.731. The normalized spacial score (nSPS) is 18.6. The monoisotopic (exact) mass is 614 g/mol. The van der Waals surface area contributed by atoms with Crippen LogP contribution in [0, 0.1) is 5.92 Å². The summed E-state index contributed by atoms with van der Waals surface area (Å²) >= 11 is 0. The van der Waals surface area contributed by atoms with Crippen LogP contribution in [-0.4, -0.2) is 90.5 Å². The van der Waals surface area contributed by atoms with Crippen molar-refractivity contribution in [1.82, 2.24) is 19.4 Å². The minimum Gasteiger partial charge on any atom is -0.487 e. The topological polar surface area (TPSA) is 165 Å². The van der Waals surface area contributed by atoms with Crippen LogP contribution >= 0.6 is 0 Å². The summed E-state index contributed by atoms with van der Waals surface area (Å²) in [5.74, 6) is 0.704. The molecule has 230 valence electrons. The van der Waals surface area contributed by atoms with E-state index in [2.05, 4.69) is 15.0 Å². The number of hydrogen-bond acceptors (Lipinski definition) is 9. The second-order valence-electron chi connectivity index (χ2n) is 10.7. The number of aliphatic hydroxyl groups excluding tert-OH is 1. The van der Waals surface area contributed by atoms with Gasteiger partial charge in [0.25, 0.3) is 15.9 Å². The lowest BCUT2D eigenvalue weighted by atomic mass is 9.99. The summed E-state index contributed by atoms with van der Waals surface area (Å²) in [6.45, 7) is 3.87. The zero-order valence-electron chi connectivity index (χ0n) is 24.2. The highest BCUT2D eigenvalue weighted by atomic mass is 32.2. The molecule has 3 amide bonds. The molecule has 14 nitrogen and oxygen atoms in total. The fourth-order valence-electron chi connectivity index (χ4n) is 4.79. The Morgan fingerprint density at radius 3 is 2.60 bits per heavy atom. The van der Waals surface area contributed by atoms with Crippen LogP contribution in [0.15, 0.2) is 53.9 Å². The Balaban J connectivity index is 1.38. The number of benzene rings is 2. The maximum Gasteiger partial charge on any atom is 0.321 e. The molecule has 3 N–H and O–H groups in total. The van der Waals surface area contributed by atoms with Crippen molar-refractivity contribution in [2.45, 2.75) is 31.0 Å². The molecule has 3 aromatic rings. The van der Waals surface area contributed by atoms with Crippen LogP contribution in [0.1, 0.15) is 24.2 Å². The number of sulfonamides is 1. The van der Waals surface area contributed by atoms with Crippen LogP contribution in [0.4, 0.5) is 16.2 Å². The second kappa shape index (κ2) is 12.0. The molecule has 3 heterocycles. The molecule has 0 aliphatic carbocycles. The number of ether oxygens (including phenoxy) is 3. The molecule has 0 fully saturated rings. The lowest BCUT2D eigenvalue weighted by molar-refractivity contribution is 0.0371. The molecule has 2 aliphatic rings. The van der Waals surface area contributed by atoms with Gasteiger partial charge >= 0.3 is 6.03 Å². The number of anilines is 2. The molecule has 0 saturated carbocycles. The van der Waals surface area contributed by atoms with Gasteiger partial charge in [0.2, 0.25) is 6.79 Å². The number of aliphatic hydroxyl groups is 1. The molecule has 0 unspecified atom stereocenters. The van der Waals surface area contributed by atoms with Crippen LogP contribution in [0.5, 0.6) is 17.2 Å². The number of fused-ring (bicyclic) bond motifs is 2. The predicted molar refractivity (Wildman–Crippen MR) is 156 cm³/mol. The summed E-state index contributed by atoms with van der Waals surface area (Å²) in [6, 6.07) is 8.61. The molecule has 43 heavy (non-hydrogen) atoms. The van der Waals surface area contributed by atoms with E-state index in [0.29, 0.717) is 17.2 Å². The van der Waals surface area contributed by atoms with E-state index in [1.807, 2.05) is 6.92 Å². The van der Waals surface area contributed by atoms with E-state index >= 15 is 0 Å². The summed E-state index contributed by atoms with van der Waals surface area (Å²) in [5.41, 5.74) is 0.793. The van der Waals surface area contributed by atoms with E-state index in [9.17, 15) is 23.1 Å². The summed E-state index contributed by atoms with van der Waals surface area (Å²) in [6.07, 6.45) is 2.18. The maximum absolute atomic E-state index is 13.7. The minimum atomic E-state index is -4.02. The number of hydrogen-bond donors (Lipinski definition) is 3. The number of aryl methyl sites for hydroxylation is 1. The molecule has 0 saturated heterocycles. The third kappa shape index (κ3) is 6.46. The molecule has 0 bridgehead atoms. The Morgan fingerprint density at radius 1 is 1.16 bits per heavy atom. The average Bonchev–Trinajstić information content (AvgIpc) is 3.63. The molecule has 1 aromatic heterocycles. The van der Waals surface area contributed by atoms with Crippen molar-refractivity contribution >= 4 is 33.3 Å². The molecule has 15 heteroatoms. The summed E-state index contributed by atoms with van der Waals surface area (Å²) in [4.78, 5) is 33.7. The first kappa shape index (κ1) is 30.0. The fraction of sp³-hybridized carbons (Fsp3) is 0.393. The van der Waals surface area contributed by atoms with Gasteiger partial charge in [-0.2, -0.15) is 8.42 Å². The van der Waals surface area contributed by atoms with Gasteiger partial charge < -0.3 is 39.0 Å². The molecule has 2 aromatic carbocycles. The third-order valence-corrected chi connectivity index (χ3v) is 8.56. The van der Waals surface area contributed by atoms with Crippen LogP contribution in [-0.2, 0) is 17.1 Å². The number of imidazole rings is 1. The molecule has 5 rings (SSSR count). The Labute approximate surface area is 249 Å². The lowest BCUT2D eigenvalue weighted by Crippen LogP contribution is -2.50. The highest BCUT2D eigenvalue weighted by molar-refractivity contribution is 7.92. The van der Waals surface area contributed by atoms with Crippen molar-refractivity contribution in [3.05, 3.63) is 54.5 Å². The number of aromatic nitrogens is 2. The van der Waals surface area contributed by atoms with Gasteiger partial charge in [-0.25, -0.2) is 9.78 Å².